The number of hydrogen-bond acceptors (Lipinski definition) is 6. The Morgan fingerprint density at radius 3 is 2.69 bits per heavy atom. The van der Waals surface area contributed by atoms with Gasteiger partial charge in [0.1, 0.15) is 5.75 Å². The number of ether oxygens (including phenoxy) is 1. The summed E-state index contributed by atoms with van der Waals surface area (Å²) < 4.78 is 11.0. The Labute approximate surface area is 150 Å². The Balaban J connectivity index is 1.59. The van der Waals surface area contributed by atoms with Gasteiger partial charge in [-0.1, -0.05) is 41.6 Å². The molecule has 1 heterocycles. The summed E-state index contributed by atoms with van der Waals surface area (Å²) in [4.78, 5) is 15.4. The van der Waals surface area contributed by atoms with Crippen LogP contribution in [0.3, 0.4) is 0 Å². The maximum Gasteiger partial charge on any atom is 0.258 e. The van der Waals surface area contributed by atoms with Crippen LogP contribution < -0.4 is 10.2 Å². The zero-order chi connectivity index (χ0) is 18.2. The SMILES string of the molecule is O=C(CCCCOc1cccc(-c2nc(-c3ccccc3)no2)c1)NO. The second-order valence-electron chi connectivity index (χ2n) is 5.66. The van der Waals surface area contributed by atoms with Crippen LogP contribution in [-0.4, -0.2) is 27.9 Å². The topological polar surface area (TPSA) is 97.5 Å². The van der Waals surface area contributed by atoms with Crippen molar-refractivity contribution in [2.24, 2.45) is 0 Å². The maximum absolute atomic E-state index is 10.9. The van der Waals surface area contributed by atoms with Crippen LogP contribution in [0.2, 0.25) is 0 Å². The third-order valence-electron chi connectivity index (χ3n) is 3.73. The fraction of sp³-hybridized carbons (Fsp3) is 0.211. The van der Waals surface area contributed by atoms with Gasteiger partial charge in [0.2, 0.25) is 11.7 Å². The Kier molecular flexibility index (Phi) is 5.95. The molecule has 3 rings (SSSR count). The van der Waals surface area contributed by atoms with E-state index < -0.39 is 5.91 Å². The van der Waals surface area contributed by atoms with E-state index in [9.17, 15) is 4.79 Å². The molecule has 2 N–H and O–H groups in total. The second kappa shape index (κ2) is 8.77. The summed E-state index contributed by atoms with van der Waals surface area (Å²) >= 11 is 0. The lowest BCUT2D eigenvalue weighted by Crippen LogP contribution is -2.18. The Hall–Kier alpha value is -3.19. The maximum atomic E-state index is 10.9. The molecule has 0 saturated carbocycles. The number of aromatic nitrogens is 2. The van der Waals surface area contributed by atoms with Gasteiger partial charge < -0.3 is 9.26 Å². The van der Waals surface area contributed by atoms with Gasteiger partial charge in [-0.2, -0.15) is 4.98 Å². The molecule has 134 valence electrons. The largest absolute Gasteiger partial charge is 0.494 e. The smallest absolute Gasteiger partial charge is 0.258 e. The van der Waals surface area contributed by atoms with Crippen molar-refractivity contribution in [2.45, 2.75) is 19.3 Å². The van der Waals surface area contributed by atoms with Crippen molar-refractivity contribution >= 4 is 5.91 Å². The molecule has 7 nitrogen and oxygen atoms in total. The van der Waals surface area contributed by atoms with Gasteiger partial charge in [-0.15, -0.1) is 0 Å². The molecule has 0 fully saturated rings. The predicted octanol–water partition coefficient (Wildman–Crippen LogP) is 3.46. The number of amides is 1. The lowest BCUT2D eigenvalue weighted by atomic mass is 10.2. The molecule has 0 aliphatic heterocycles. The number of carbonyl (C=O) groups excluding carboxylic acids is 1. The molecular weight excluding hydrogens is 334 g/mol. The van der Waals surface area contributed by atoms with Crippen molar-refractivity contribution in [1.29, 1.82) is 0 Å². The van der Waals surface area contributed by atoms with E-state index in [-0.39, 0.29) is 6.42 Å². The normalized spacial score (nSPS) is 10.5. The molecule has 7 heteroatoms. The van der Waals surface area contributed by atoms with Crippen LogP contribution in [0.5, 0.6) is 5.75 Å². The van der Waals surface area contributed by atoms with Crippen molar-refractivity contribution in [2.75, 3.05) is 6.61 Å². The van der Waals surface area contributed by atoms with Crippen LogP contribution in [0.1, 0.15) is 19.3 Å². The number of nitrogens with zero attached hydrogens (tertiary/aromatic N) is 2. The molecule has 0 saturated heterocycles. The van der Waals surface area contributed by atoms with E-state index in [4.69, 9.17) is 14.5 Å². The molecule has 0 aliphatic rings. The fourth-order valence-corrected chi connectivity index (χ4v) is 2.40. The average Bonchev–Trinajstić information content (AvgIpc) is 3.19. The van der Waals surface area contributed by atoms with Crippen LogP contribution in [0.25, 0.3) is 22.8 Å². The average molecular weight is 353 g/mol. The number of hydroxylamine groups is 1. The van der Waals surface area contributed by atoms with E-state index in [1.807, 2.05) is 54.6 Å². The third kappa shape index (κ3) is 4.67. The molecule has 0 bridgehead atoms. The van der Waals surface area contributed by atoms with Crippen LogP contribution in [-0.2, 0) is 4.79 Å². The second-order valence-corrected chi connectivity index (χ2v) is 5.66. The summed E-state index contributed by atoms with van der Waals surface area (Å²) in [6.07, 6.45) is 1.61. The minimum Gasteiger partial charge on any atom is -0.494 e. The lowest BCUT2D eigenvalue weighted by Gasteiger charge is -2.06. The van der Waals surface area contributed by atoms with Gasteiger partial charge in [0.25, 0.3) is 5.89 Å². The van der Waals surface area contributed by atoms with Crippen LogP contribution >= 0.6 is 0 Å². The van der Waals surface area contributed by atoms with Crippen LogP contribution in [0.15, 0.2) is 59.1 Å². The predicted molar refractivity (Wildman–Crippen MR) is 94.4 cm³/mol. The monoisotopic (exact) mass is 353 g/mol. The van der Waals surface area contributed by atoms with Gasteiger partial charge in [-0.25, -0.2) is 5.48 Å². The highest BCUT2D eigenvalue weighted by atomic mass is 16.5. The molecule has 0 unspecified atom stereocenters. The Morgan fingerprint density at radius 2 is 1.88 bits per heavy atom. The molecule has 0 atom stereocenters. The molecule has 26 heavy (non-hydrogen) atoms. The van der Waals surface area contributed by atoms with Gasteiger partial charge >= 0.3 is 0 Å². The van der Waals surface area contributed by atoms with Crippen molar-refractivity contribution in [3.8, 4) is 28.6 Å². The first-order valence-corrected chi connectivity index (χ1v) is 8.31. The highest BCUT2D eigenvalue weighted by molar-refractivity contribution is 5.74. The summed E-state index contributed by atoms with van der Waals surface area (Å²) in [7, 11) is 0. The quantitative estimate of drug-likeness (QED) is 0.366. The van der Waals surface area contributed by atoms with E-state index in [0.29, 0.717) is 36.9 Å². The van der Waals surface area contributed by atoms with Crippen LogP contribution in [0.4, 0.5) is 0 Å². The first-order valence-electron chi connectivity index (χ1n) is 8.31. The molecule has 0 spiro atoms. The Bertz CT molecular complexity index is 849. The molecule has 2 aromatic carbocycles. The number of rotatable bonds is 8. The fourth-order valence-electron chi connectivity index (χ4n) is 2.40. The zero-order valence-corrected chi connectivity index (χ0v) is 14.1. The highest BCUT2D eigenvalue weighted by Gasteiger charge is 2.11. The molecule has 1 aromatic heterocycles. The summed E-state index contributed by atoms with van der Waals surface area (Å²) in [6.45, 7) is 0.473. The summed E-state index contributed by atoms with van der Waals surface area (Å²) in [5.74, 6) is 1.26. The first kappa shape index (κ1) is 17.6. The zero-order valence-electron chi connectivity index (χ0n) is 14.1. The molecule has 0 aliphatic carbocycles. The van der Waals surface area contributed by atoms with Crippen molar-refractivity contribution in [3.63, 3.8) is 0 Å². The first-order chi connectivity index (χ1) is 12.8. The van der Waals surface area contributed by atoms with E-state index in [0.717, 1.165) is 11.1 Å². The molecule has 0 radical (unpaired) electrons. The van der Waals surface area contributed by atoms with Gasteiger partial charge in [-0.3, -0.25) is 10.0 Å². The van der Waals surface area contributed by atoms with E-state index >= 15 is 0 Å². The number of unbranched alkanes of at least 4 members (excludes halogenated alkanes) is 1. The van der Waals surface area contributed by atoms with Crippen molar-refractivity contribution < 1.29 is 19.3 Å². The summed E-state index contributed by atoms with van der Waals surface area (Å²) in [6, 6.07) is 17.0. The van der Waals surface area contributed by atoms with E-state index in [1.165, 1.54) is 0 Å². The highest BCUT2D eigenvalue weighted by Crippen LogP contribution is 2.25. The lowest BCUT2D eigenvalue weighted by molar-refractivity contribution is -0.129. The molecule has 1 amide bonds. The van der Waals surface area contributed by atoms with Gasteiger partial charge in [0.15, 0.2) is 0 Å². The van der Waals surface area contributed by atoms with E-state index in [1.54, 1.807) is 5.48 Å². The molecule has 3 aromatic rings. The van der Waals surface area contributed by atoms with Gasteiger partial charge in [0.05, 0.1) is 6.61 Å². The summed E-state index contributed by atoms with van der Waals surface area (Å²) in [5.41, 5.74) is 3.28. The van der Waals surface area contributed by atoms with Crippen LogP contribution in [0, 0.1) is 0 Å². The number of benzene rings is 2. The number of carbonyl (C=O) groups is 1. The van der Waals surface area contributed by atoms with E-state index in [2.05, 4.69) is 10.1 Å². The van der Waals surface area contributed by atoms with Gasteiger partial charge in [-0.05, 0) is 31.0 Å². The Morgan fingerprint density at radius 1 is 1.08 bits per heavy atom. The molecular formula is C19H19N3O4. The number of nitrogens with one attached hydrogen (secondary N) is 1. The van der Waals surface area contributed by atoms with Gasteiger partial charge in [0, 0.05) is 17.5 Å². The number of hydrogen-bond donors (Lipinski definition) is 2. The minimum absolute atomic E-state index is 0.268. The van der Waals surface area contributed by atoms with Crippen molar-refractivity contribution in [3.05, 3.63) is 54.6 Å². The van der Waals surface area contributed by atoms with Crippen molar-refractivity contribution in [1.82, 2.24) is 15.6 Å². The standard InChI is InChI=1S/C19H19N3O4/c23-17(21-24)11-4-5-12-25-16-10-6-9-15(13-16)19-20-18(22-26-19)14-7-2-1-3-8-14/h1-3,6-10,13,24H,4-5,11-12H2,(H,21,23). The summed E-state index contributed by atoms with van der Waals surface area (Å²) in [5, 5.41) is 12.5. The third-order valence-corrected chi connectivity index (χ3v) is 3.73. The minimum atomic E-state index is -0.391.